The van der Waals surface area contributed by atoms with Crippen LogP contribution < -0.4 is 10.6 Å². The Morgan fingerprint density at radius 1 is 1.27 bits per heavy atom. The lowest BCUT2D eigenvalue weighted by molar-refractivity contribution is -0.137. The van der Waals surface area contributed by atoms with Gasteiger partial charge in [0.15, 0.2) is 0 Å². The molecule has 1 saturated heterocycles. The van der Waals surface area contributed by atoms with E-state index < -0.39 is 23.6 Å². The summed E-state index contributed by atoms with van der Waals surface area (Å²) in [4.78, 5) is 26.7. The number of hydrogen-bond acceptors (Lipinski definition) is 3. The lowest BCUT2D eigenvalue weighted by Crippen LogP contribution is -2.49. The minimum atomic E-state index is -4.54. The number of nitrogens with one attached hydrogen (secondary N) is 2. The second-order valence-corrected chi connectivity index (χ2v) is 7.56. The van der Waals surface area contributed by atoms with E-state index in [1.165, 1.54) is 16.9 Å². The van der Waals surface area contributed by atoms with Crippen molar-refractivity contribution in [1.82, 2.24) is 20.0 Å². The number of carbonyl (C=O) groups excluding carboxylic acids is 2. The minimum absolute atomic E-state index is 0.0160. The Morgan fingerprint density at radius 3 is 2.67 bits per heavy atom. The third-order valence-electron chi connectivity index (χ3n) is 4.82. The Hall–Kier alpha value is -3.04. The van der Waals surface area contributed by atoms with Crippen LogP contribution in [0.4, 0.5) is 23.7 Å². The van der Waals surface area contributed by atoms with Gasteiger partial charge in [-0.25, -0.2) is 9.48 Å². The van der Waals surface area contributed by atoms with E-state index in [0.29, 0.717) is 25.1 Å². The number of halogens is 3. The van der Waals surface area contributed by atoms with Crippen LogP contribution in [-0.4, -0.2) is 45.8 Å². The van der Waals surface area contributed by atoms with Crippen LogP contribution in [0.15, 0.2) is 36.7 Å². The Bertz CT molecular complexity index is 896. The van der Waals surface area contributed by atoms with Gasteiger partial charge in [0.1, 0.15) is 0 Å². The molecule has 1 aliphatic rings. The number of likely N-dealkylation sites (tertiary alicyclic amines) is 1. The molecule has 0 radical (unpaired) electrons. The highest BCUT2D eigenvalue weighted by Gasteiger charge is 2.33. The number of anilines is 1. The molecular formula is C20H24F3N5O2. The molecule has 0 saturated carbocycles. The molecule has 7 nitrogen and oxygen atoms in total. The first-order chi connectivity index (χ1) is 14.1. The molecular weight excluding hydrogens is 399 g/mol. The highest BCUT2D eigenvalue weighted by Crippen LogP contribution is 2.33. The molecule has 1 atom stereocenters. The van der Waals surface area contributed by atoms with E-state index in [2.05, 4.69) is 15.7 Å². The third kappa shape index (κ3) is 5.11. The van der Waals surface area contributed by atoms with Crippen LogP contribution in [0, 0.1) is 5.92 Å². The van der Waals surface area contributed by atoms with E-state index in [-0.39, 0.29) is 24.3 Å². The second kappa shape index (κ2) is 8.76. The number of nitrogens with zero attached hydrogens (tertiary/aromatic N) is 3. The summed E-state index contributed by atoms with van der Waals surface area (Å²) in [5, 5.41) is 9.46. The maximum atomic E-state index is 13.2. The van der Waals surface area contributed by atoms with Crippen LogP contribution in [0.3, 0.4) is 0 Å². The molecule has 0 bridgehead atoms. The summed E-state index contributed by atoms with van der Waals surface area (Å²) in [6.45, 7) is 4.43. The maximum Gasteiger partial charge on any atom is 0.416 e. The Labute approximate surface area is 172 Å². The van der Waals surface area contributed by atoms with E-state index in [1.54, 1.807) is 17.2 Å². The van der Waals surface area contributed by atoms with E-state index in [0.717, 1.165) is 12.1 Å². The van der Waals surface area contributed by atoms with Gasteiger partial charge in [-0.2, -0.15) is 18.3 Å². The maximum absolute atomic E-state index is 13.2. The van der Waals surface area contributed by atoms with Crippen LogP contribution in [0.25, 0.3) is 5.69 Å². The molecule has 0 spiro atoms. The first-order valence-electron chi connectivity index (χ1n) is 9.72. The van der Waals surface area contributed by atoms with E-state index in [1.807, 2.05) is 13.8 Å². The molecule has 3 rings (SSSR count). The molecule has 2 N–H and O–H groups in total. The van der Waals surface area contributed by atoms with Gasteiger partial charge in [-0.1, -0.05) is 0 Å². The first kappa shape index (κ1) is 21.7. The minimum Gasteiger partial charge on any atom is -0.336 e. The largest absolute Gasteiger partial charge is 0.416 e. The van der Waals surface area contributed by atoms with Crippen molar-refractivity contribution in [1.29, 1.82) is 0 Å². The average molecular weight is 423 g/mol. The van der Waals surface area contributed by atoms with Crippen molar-refractivity contribution >= 4 is 17.6 Å². The van der Waals surface area contributed by atoms with Gasteiger partial charge in [-0.3, -0.25) is 4.79 Å². The Morgan fingerprint density at radius 2 is 2.03 bits per heavy atom. The zero-order valence-corrected chi connectivity index (χ0v) is 16.7. The zero-order valence-electron chi connectivity index (χ0n) is 16.7. The van der Waals surface area contributed by atoms with Crippen LogP contribution in [0.1, 0.15) is 32.3 Å². The lowest BCUT2D eigenvalue weighted by atomic mass is 9.97. The van der Waals surface area contributed by atoms with Gasteiger partial charge in [0.25, 0.3) is 0 Å². The van der Waals surface area contributed by atoms with Crippen LogP contribution in [0.5, 0.6) is 0 Å². The molecule has 3 amide bonds. The Balaban J connectivity index is 1.80. The van der Waals surface area contributed by atoms with E-state index >= 15 is 0 Å². The quantitative estimate of drug-likeness (QED) is 0.788. The smallest absolute Gasteiger partial charge is 0.336 e. The number of alkyl halides is 3. The van der Waals surface area contributed by atoms with E-state index in [9.17, 15) is 22.8 Å². The van der Waals surface area contributed by atoms with Crippen molar-refractivity contribution < 1.29 is 22.8 Å². The zero-order chi connectivity index (χ0) is 21.9. The number of rotatable bonds is 4. The van der Waals surface area contributed by atoms with Gasteiger partial charge in [0.2, 0.25) is 5.91 Å². The monoisotopic (exact) mass is 423 g/mol. The standard InChI is InChI=1S/C20H24F3N5O2/c1-13(2)25-19(30)27-9-3-5-14(12-27)18(29)26-16-11-15(20(21,22)23)6-7-17(16)28-10-4-8-24-28/h4,6-8,10-11,13-14H,3,5,9,12H2,1-2H3,(H,25,30)(H,26,29)/t14-/m0/s1. The van der Waals surface area contributed by atoms with Crippen molar-refractivity contribution in [2.24, 2.45) is 5.92 Å². The fourth-order valence-electron chi connectivity index (χ4n) is 3.37. The second-order valence-electron chi connectivity index (χ2n) is 7.56. The normalized spacial score (nSPS) is 17.1. The first-order valence-corrected chi connectivity index (χ1v) is 9.72. The summed E-state index contributed by atoms with van der Waals surface area (Å²) in [7, 11) is 0. The number of amides is 3. The van der Waals surface area contributed by atoms with E-state index in [4.69, 9.17) is 0 Å². The summed E-state index contributed by atoms with van der Waals surface area (Å²) < 4.78 is 41.0. The summed E-state index contributed by atoms with van der Waals surface area (Å²) in [5.74, 6) is -0.943. The van der Waals surface area contributed by atoms with Crippen molar-refractivity contribution in [2.45, 2.75) is 38.9 Å². The molecule has 10 heteroatoms. The fourth-order valence-corrected chi connectivity index (χ4v) is 3.37. The lowest BCUT2D eigenvalue weighted by Gasteiger charge is -2.32. The van der Waals surface area contributed by atoms with Crippen molar-refractivity contribution in [3.8, 4) is 5.69 Å². The molecule has 0 unspecified atom stereocenters. The predicted molar refractivity (Wildman–Crippen MR) is 105 cm³/mol. The number of piperidine rings is 1. The number of aromatic nitrogens is 2. The molecule has 162 valence electrons. The fraction of sp³-hybridized carbons (Fsp3) is 0.450. The third-order valence-corrected chi connectivity index (χ3v) is 4.82. The van der Waals surface area contributed by atoms with Gasteiger partial charge < -0.3 is 15.5 Å². The highest BCUT2D eigenvalue weighted by atomic mass is 19.4. The number of benzene rings is 1. The van der Waals surface area contributed by atoms with Gasteiger partial charge >= 0.3 is 12.2 Å². The molecule has 0 aliphatic carbocycles. The average Bonchev–Trinajstić information content (AvgIpc) is 3.21. The molecule has 1 aliphatic heterocycles. The molecule has 30 heavy (non-hydrogen) atoms. The Kier molecular flexibility index (Phi) is 6.33. The van der Waals surface area contributed by atoms with Gasteiger partial charge in [0, 0.05) is 31.5 Å². The van der Waals surface area contributed by atoms with Crippen LogP contribution >= 0.6 is 0 Å². The topological polar surface area (TPSA) is 79.3 Å². The van der Waals surface area contributed by atoms with Crippen LogP contribution in [0.2, 0.25) is 0 Å². The number of carbonyl (C=O) groups is 2. The summed E-state index contributed by atoms with van der Waals surface area (Å²) in [5.41, 5.74) is -0.524. The summed E-state index contributed by atoms with van der Waals surface area (Å²) in [6, 6.07) is 4.48. The summed E-state index contributed by atoms with van der Waals surface area (Å²) >= 11 is 0. The van der Waals surface area contributed by atoms with Crippen molar-refractivity contribution in [3.05, 3.63) is 42.2 Å². The molecule has 1 aromatic carbocycles. The SMILES string of the molecule is CC(C)NC(=O)N1CCC[C@H](C(=O)Nc2cc(C(F)(F)F)ccc2-n2cccn2)C1. The van der Waals surface area contributed by atoms with Crippen molar-refractivity contribution in [3.63, 3.8) is 0 Å². The van der Waals surface area contributed by atoms with Crippen molar-refractivity contribution in [2.75, 3.05) is 18.4 Å². The van der Waals surface area contributed by atoms with Crippen LogP contribution in [-0.2, 0) is 11.0 Å². The summed E-state index contributed by atoms with van der Waals surface area (Å²) in [6.07, 6.45) is -0.281. The predicted octanol–water partition coefficient (Wildman–Crippen LogP) is 3.66. The molecule has 1 fully saturated rings. The number of urea groups is 1. The molecule has 1 aromatic heterocycles. The van der Waals surface area contributed by atoms with Gasteiger partial charge in [-0.15, -0.1) is 0 Å². The highest BCUT2D eigenvalue weighted by molar-refractivity contribution is 5.95. The molecule has 2 aromatic rings. The van der Waals surface area contributed by atoms with Gasteiger partial charge in [0.05, 0.1) is 22.9 Å². The molecule has 2 heterocycles. The van der Waals surface area contributed by atoms with Gasteiger partial charge in [-0.05, 0) is 51.0 Å². The number of hydrogen-bond donors (Lipinski definition) is 2.